The van der Waals surface area contributed by atoms with Crippen LogP contribution in [0.25, 0.3) is 0 Å². The van der Waals surface area contributed by atoms with Crippen LogP contribution >= 0.6 is 0 Å². The third-order valence-corrected chi connectivity index (χ3v) is 7.39. The molecular weight excluding hydrogens is 426 g/mol. The minimum Gasteiger partial charge on any atom is -0.391 e. The molecular formula is C33H53NO. The van der Waals surface area contributed by atoms with E-state index in [2.05, 4.69) is 79.4 Å². The zero-order valence-corrected chi connectivity index (χ0v) is 22.8. The first-order valence-corrected chi connectivity index (χ1v) is 14.7. The lowest BCUT2D eigenvalue weighted by atomic mass is 9.98. The highest BCUT2D eigenvalue weighted by atomic mass is 16.3. The average molecular weight is 480 g/mol. The molecule has 0 aliphatic carbocycles. The van der Waals surface area contributed by atoms with Crippen LogP contribution in [0.5, 0.6) is 0 Å². The quantitative estimate of drug-likeness (QED) is 0.180. The molecule has 0 heterocycles. The Morgan fingerprint density at radius 1 is 0.571 bits per heavy atom. The van der Waals surface area contributed by atoms with Crippen LogP contribution in [0.3, 0.4) is 0 Å². The van der Waals surface area contributed by atoms with E-state index in [9.17, 15) is 5.11 Å². The Balaban J connectivity index is 1.68. The van der Waals surface area contributed by atoms with Crippen molar-refractivity contribution in [3.8, 4) is 0 Å². The Labute approximate surface area is 217 Å². The van der Waals surface area contributed by atoms with E-state index in [0.29, 0.717) is 0 Å². The molecule has 0 saturated heterocycles. The summed E-state index contributed by atoms with van der Waals surface area (Å²) in [5, 5.41) is 11.2. The summed E-state index contributed by atoms with van der Waals surface area (Å²) in [7, 11) is 0. The number of aliphatic hydroxyl groups excluding tert-OH is 1. The van der Waals surface area contributed by atoms with Crippen molar-refractivity contribution in [2.24, 2.45) is 0 Å². The number of hydrogen-bond acceptors (Lipinski definition) is 2. The fraction of sp³-hybridized carbons (Fsp3) is 0.636. The van der Waals surface area contributed by atoms with E-state index in [1.54, 1.807) is 0 Å². The Morgan fingerprint density at radius 3 is 1.37 bits per heavy atom. The van der Waals surface area contributed by atoms with Crippen LogP contribution in [0.2, 0.25) is 0 Å². The lowest BCUT2D eigenvalue weighted by molar-refractivity contribution is 0.0304. The minimum atomic E-state index is -0.264. The van der Waals surface area contributed by atoms with E-state index in [1.165, 1.54) is 88.2 Å². The Morgan fingerprint density at radius 2 is 0.971 bits per heavy atom. The SMILES string of the molecule is CCCCCCCCCCCCCCCC(O)C(CC)N(Cc1ccccc1)Cc1ccccc1. The highest BCUT2D eigenvalue weighted by Crippen LogP contribution is 2.21. The van der Waals surface area contributed by atoms with Gasteiger partial charge in [-0.15, -0.1) is 0 Å². The summed E-state index contributed by atoms with van der Waals surface area (Å²) < 4.78 is 0. The Bertz CT molecular complexity index is 675. The molecule has 2 atom stereocenters. The van der Waals surface area contributed by atoms with E-state index in [-0.39, 0.29) is 12.1 Å². The fourth-order valence-electron chi connectivity index (χ4n) is 5.26. The van der Waals surface area contributed by atoms with Gasteiger partial charge in [-0.3, -0.25) is 4.90 Å². The molecule has 2 rings (SSSR count). The van der Waals surface area contributed by atoms with Gasteiger partial charge in [-0.05, 0) is 24.0 Å². The van der Waals surface area contributed by atoms with E-state index in [0.717, 1.165) is 32.4 Å². The normalized spacial score (nSPS) is 13.3. The molecule has 0 fully saturated rings. The fourth-order valence-corrected chi connectivity index (χ4v) is 5.26. The molecule has 0 bridgehead atoms. The van der Waals surface area contributed by atoms with Gasteiger partial charge in [-0.1, -0.05) is 158 Å². The van der Waals surface area contributed by atoms with Crippen molar-refractivity contribution >= 4 is 0 Å². The second-order valence-corrected chi connectivity index (χ2v) is 10.5. The molecule has 2 nitrogen and oxygen atoms in total. The molecule has 35 heavy (non-hydrogen) atoms. The van der Waals surface area contributed by atoms with Crippen LogP contribution in [0.4, 0.5) is 0 Å². The van der Waals surface area contributed by atoms with Crippen molar-refractivity contribution in [3.63, 3.8) is 0 Å². The van der Waals surface area contributed by atoms with Gasteiger partial charge in [-0.25, -0.2) is 0 Å². The maximum Gasteiger partial charge on any atom is 0.0695 e. The topological polar surface area (TPSA) is 23.5 Å². The standard InChI is InChI=1S/C33H53NO/c1-3-5-6-7-8-9-10-11-12-13-14-15-22-27-33(35)32(4-2)34(28-30-23-18-16-19-24-30)29-31-25-20-17-21-26-31/h16-21,23-26,32-33,35H,3-15,22,27-29H2,1-2H3. The molecule has 2 heteroatoms. The maximum absolute atomic E-state index is 11.2. The van der Waals surface area contributed by atoms with Gasteiger partial charge < -0.3 is 5.11 Å². The number of rotatable bonds is 21. The van der Waals surface area contributed by atoms with Gasteiger partial charge in [0.15, 0.2) is 0 Å². The molecule has 196 valence electrons. The molecule has 2 unspecified atom stereocenters. The van der Waals surface area contributed by atoms with Crippen molar-refractivity contribution in [1.82, 2.24) is 4.90 Å². The lowest BCUT2D eigenvalue weighted by Crippen LogP contribution is -2.42. The minimum absolute atomic E-state index is 0.188. The van der Waals surface area contributed by atoms with Crippen molar-refractivity contribution < 1.29 is 5.11 Å². The number of unbranched alkanes of at least 4 members (excludes halogenated alkanes) is 12. The predicted molar refractivity (Wildman–Crippen MR) is 153 cm³/mol. The lowest BCUT2D eigenvalue weighted by Gasteiger charge is -2.34. The van der Waals surface area contributed by atoms with E-state index in [1.807, 2.05) is 0 Å². The van der Waals surface area contributed by atoms with Gasteiger partial charge in [0.1, 0.15) is 0 Å². The van der Waals surface area contributed by atoms with Crippen LogP contribution in [0, 0.1) is 0 Å². The molecule has 0 spiro atoms. The smallest absolute Gasteiger partial charge is 0.0695 e. The largest absolute Gasteiger partial charge is 0.391 e. The van der Waals surface area contributed by atoms with Crippen LogP contribution in [0.15, 0.2) is 60.7 Å². The first kappa shape index (κ1) is 29.6. The summed E-state index contributed by atoms with van der Waals surface area (Å²) in [5.74, 6) is 0. The molecule has 0 aliphatic heterocycles. The van der Waals surface area contributed by atoms with Crippen molar-refractivity contribution in [2.45, 2.75) is 135 Å². The molecule has 0 saturated carbocycles. The molecule has 0 aliphatic rings. The highest BCUT2D eigenvalue weighted by Gasteiger charge is 2.24. The summed E-state index contributed by atoms with van der Waals surface area (Å²) in [6, 6.07) is 21.6. The highest BCUT2D eigenvalue weighted by molar-refractivity contribution is 5.17. The Hall–Kier alpha value is -1.64. The zero-order chi connectivity index (χ0) is 25.0. The van der Waals surface area contributed by atoms with Gasteiger partial charge in [0.25, 0.3) is 0 Å². The number of hydrogen-bond donors (Lipinski definition) is 1. The number of aliphatic hydroxyl groups is 1. The summed E-state index contributed by atoms with van der Waals surface area (Å²) >= 11 is 0. The van der Waals surface area contributed by atoms with Gasteiger partial charge in [0, 0.05) is 19.1 Å². The number of nitrogens with zero attached hydrogens (tertiary/aromatic N) is 1. The molecule has 1 N–H and O–H groups in total. The monoisotopic (exact) mass is 479 g/mol. The number of benzene rings is 2. The van der Waals surface area contributed by atoms with Crippen molar-refractivity contribution in [1.29, 1.82) is 0 Å². The third-order valence-electron chi connectivity index (χ3n) is 7.39. The van der Waals surface area contributed by atoms with Gasteiger partial charge in [-0.2, -0.15) is 0 Å². The van der Waals surface area contributed by atoms with Gasteiger partial charge in [0.2, 0.25) is 0 Å². The summed E-state index contributed by atoms with van der Waals surface area (Å²) in [6.45, 7) is 6.27. The molecule has 2 aromatic rings. The molecule has 2 aromatic carbocycles. The van der Waals surface area contributed by atoms with Crippen LogP contribution < -0.4 is 0 Å². The van der Waals surface area contributed by atoms with E-state index in [4.69, 9.17) is 0 Å². The van der Waals surface area contributed by atoms with Crippen LogP contribution in [0.1, 0.15) is 121 Å². The first-order valence-electron chi connectivity index (χ1n) is 14.7. The van der Waals surface area contributed by atoms with E-state index >= 15 is 0 Å². The predicted octanol–water partition coefficient (Wildman–Crippen LogP) is 9.31. The van der Waals surface area contributed by atoms with Crippen LogP contribution in [-0.4, -0.2) is 22.2 Å². The second kappa shape index (κ2) is 19.5. The molecule has 0 amide bonds. The zero-order valence-electron chi connectivity index (χ0n) is 22.8. The van der Waals surface area contributed by atoms with Gasteiger partial charge >= 0.3 is 0 Å². The summed E-state index contributed by atoms with van der Waals surface area (Å²) in [4.78, 5) is 2.48. The second-order valence-electron chi connectivity index (χ2n) is 10.5. The maximum atomic E-state index is 11.2. The van der Waals surface area contributed by atoms with Crippen LogP contribution in [-0.2, 0) is 13.1 Å². The van der Waals surface area contributed by atoms with Gasteiger partial charge in [0.05, 0.1) is 6.10 Å². The van der Waals surface area contributed by atoms with E-state index < -0.39 is 0 Å². The first-order chi connectivity index (χ1) is 17.2. The molecule has 0 aromatic heterocycles. The summed E-state index contributed by atoms with van der Waals surface area (Å²) in [6.07, 6.45) is 19.4. The summed E-state index contributed by atoms with van der Waals surface area (Å²) in [5.41, 5.74) is 2.63. The third kappa shape index (κ3) is 13.3. The van der Waals surface area contributed by atoms with Crippen molar-refractivity contribution in [3.05, 3.63) is 71.8 Å². The van der Waals surface area contributed by atoms with Crippen molar-refractivity contribution in [2.75, 3.05) is 0 Å². The Kier molecular flexibility index (Phi) is 16.5. The molecule has 0 radical (unpaired) electrons. The average Bonchev–Trinajstić information content (AvgIpc) is 2.88.